The van der Waals surface area contributed by atoms with Crippen LogP contribution in [-0.4, -0.2) is 21.5 Å². The number of anilines is 1. The van der Waals surface area contributed by atoms with Crippen LogP contribution in [0.3, 0.4) is 0 Å². The molecule has 1 fully saturated rings. The summed E-state index contributed by atoms with van der Waals surface area (Å²) in [5, 5.41) is 4.05. The highest BCUT2D eigenvalue weighted by molar-refractivity contribution is 7.80. The summed E-state index contributed by atoms with van der Waals surface area (Å²) in [7, 11) is 0. The van der Waals surface area contributed by atoms with Gasteiger partial charge in [-0.05, 0) is 72.9 Å². The van der Waals surface area contributed by atoms with E-state index in [0.717, 1.165) is 22.8 Å². The highest BCUT2D eigenvalue weighted by Crippen LogP contribution is 2.44. The number of benzene rings is 2. The van der Waals surface area contributed by atoms with Crippen molar-refractivity contribution in [2.75, 3.05) is 11.7 Å². The van der Waals surface area contributed by atoms with Crippen molar-refractivity contribution in [3.8, 4) is 17.2 Å². The fourth-order valence-corrected chi connectivity index (χ4v) is 4.79. The zero-order chi connectivity index (χ0) is 22.4. The Hall–Kier alpha value is -3.91. The minimum absolute atomic E-state index is 0.196. The Morgan fingerprint density at radius 3 is 2.58 bits per heavy atom. The second kappa shape index (κ2) is 7.90. The summed E-state index contributed by atoms with van der Waals surface area (Å²) in [4.78, 5) is 6.68. The van der Waals surface area contributed by atoms with Crippen LogP contribution in [-0.2, 0) is 0 Å². The van der Waals surface area contributed by atoms with E-state index >= 15 is 0 Å². The van der Waals surface area contributed by atoms with Crippen LogP contribution in [0.4, 0.5) is 10.1 Å². The molecule has 1 N–H and O–H groups in total. The summed E-state index contributed by atoms with van der Waals surface area (Å²) in [5.74, 6) is 1.12. The fraction of sp³-hybridized carbons (Fsp3) is 0.120. The number of aromatic nitrogens is 2. The maximum Gasteiger partial charge on any atom is 0.231 e. The second-order valence-electron chi connectivity index (χ2n) is 7.81. The lowest BCUT2D eigenvalue weighted by Crippen LogP contribution is -2.30. The van der Waals surface area contributed by atoms with Gasteiger partial charge in [0.25, 0.3) is 0 Å². The molecule has 4 heterocycles. The second-order valence-corrected chi connectivity index (χ2v) is 8.20. The first kappa shape index (κ1) is 19.8. The zero-order valence-electron chi connectivity index (χ0n) is 17.4. The number of thiocarbonyl (C=S) groups is 1. The third kappa shape index (κ3) is 3.39. The molecule has 2 unspecified atom stereocenters. The Bertz CT molecular complexity index is 1330. The average Bonchev–Trinajstić information content (AvgIpc) is 3.57. The molecule has 2 aliphatic rings. The number of fused-ring (bicyclic) bond motifs is 1. The zero-order valence-corrected chi connectivity index (χ0v) is 18.2. The SMILES string of the molecule is Fc1ccc(-n2cccc2C2C(c3ccccn3)NC(=S)N2c2ccc3c(c2)OCO3)cc1. The molecule has 164 valence electrons. The van der Waals surface area contributed by atoms with Gasteiger partial charge in [-0.2, -0.15) is 0 Å². The molecule has 0 saturated carbocycles. The van der Waals surface area contributed by atoms with Crippen molar-refractivity contribution in [3.63, 3.8) is 0 Å². The first-order chi connectivity index (χ1) is 16.2. The molecule has 0 aliphatic carbocycles. The van der Waals surface area contributed by atoms with Crippen molar-refractivity contribution in [2.24, 2.45) is 0 Å². The lowest BCUT2D eigenvalue weighted by molar-refractivity contribution is 0.174. The van der Waals surface area contributed by atoms with E-state index in [0.29, 0.717) is 16.6 Å². The van der Waals surface area contributed by atoms with Gasteiger partial charge in [0.2, 0.25) is 6.79 Å². The van der Waals surface area contributed by atoms with Gasteiger partial charge in [0.1, 0.15) is 11.9 Å². The molecule has 4 aromatic rings. The standard InChI is InChI=1S/C25H19FN4O2S/c26-16-6-8-17(9-7-16)29-13-3-5-20(29)24-23(19-4-1-2-12-27-19)28-25(33)30(24)18-10-11-21-22(14-18)32-15-31-21/h1-14,23-24H,15H2,(H,28,33). The molecule has 2 aromatic heterocycles. The van der Waals surface area contributed by atoms with Crippen LogP contribution in [0.5, 0.6) is 11.5 Å². The van der Waals surface area contributed by atoms with Crippen LogP contribution in [0.2, 0.25) is 0 Å². The van der Waals surface area contributed by atoms with Gasteiger partial charge in [-0.15, -0.1) is 0 Å². The number of halogens is 1. The highest BCUT2D eigenvalue weighted by Gasteiger charge is 2.42. The molecule has 0 radical (unpaired) electrons. The maximum absolute atomic E-state index is 13.6. The lowest BCUT2D eigenvalue weighted by atomic mass is 10.0. The molecule has 1 saturated heterocycles. The van der Waals surface area contributed by atoms with E-state index < -0.39 is 0 Å². The number of rotatable bonds is 4. The highest BCUT2D eigenvalue weighted by atomic mass is 32.1. The van der Waals surface area contributed by atoms with Crippen molar-refractivity contribution in [3.05, 3.63) is 102 Å². The molecule has 2 aliphatic heterocycles. The Morgan fingerprint density at radius 2 is 1.76 bits per heavy atom. The predicted molar refractivity (Wildman–Crippen MR) is 126 cm³/mol. The van der Waals surface area contributed by atoms with Crippen molar-refractivity contribution in [1.29, 1.82) is 0 Å². The minimum Gasteiger partial charge on any atom is -0.454 e. The first-order valence-corrected chi connectivity index (χ1v) is 10.9. The van der Waals surface area contributed by atoms with Gasteiger partial charge >= 0.3 is 0 Å². The van der Waals surface area contributed by atoms with Crippen LogP contribution in [0.25, 0.3) is 5.69 Å². The Kier molecular flexibility index (Phi) is 4.73. The predicted octanol–water partition coefficient (Wildman–Crippen LogP) is 4.92. The smallest absolute Gasteiger partial charge is 0.231 e. The van der Waals surface area contributed by atoms with E-state index in [-0.39, 0.29) is 24.7 Å². The van der Waals surface area contributed by atoms with E-state index in [4.69, 9.17) is 21.7 Å². The van der Waals surface area contributed by atoms with Crippen molar-refractivity contribution < 1.29 is 13.9 Å². The molecule has 8 heteroatoms. The van der Waals surface area contributed by atoms with Gasteiger partial charge in [-0.25, -0.2) is 4.39 Å². The monoisotopic (exact) mass is 458 g/mol. The van der Waals surface area contributed by atoms with Crippen LogP contribution >= 0.6 is 12.2 Å². The molecular weight excluding hydrogens is 439 g/mol. The molecule has 2 aromatic carbocycles. The summed E-state index contributed by atoms with van der Waals surface area (Å²) in [6.45, 7) is 0.203. The molecule has 0 amide bonds. The first-order valence-electron chi connectivity index (χ1n) is 10.5. The lowest BCUT2D eigenvalue weighted by Gasteiger charge is -2.29. The van der Waals surface area contributed by atoms with Gasteiger partial charge < -0.3 is 24.3 Å². The van der Waals surface area contributed by atoms with Crippen molar-refractivity contribution in [1.82, 2.24) is 14.9 Å². The summed E-state index contributed by atoms with van der Waals surface area (Å²) >= 11 is 5.81. The molecule has 33 heavy (non-hydrogen) atoms. The van der Waals surface area contributed by atoms with Crippen LogP contribution in [0.1, 0.15) is 23.5 Å². The van der Waals surface area contributed by atoms with Gasteiger partial charge in [0.15, 0.2) is 16.6 Å². The Morgan fingerprint density at radius 1 is 0.939 bits per heavy atom. The Labute approximate surface area is 195 Å². The normalized spacial score (nSPS) is 19.1. The number of hydrogen-bond acceptors (Lipinski definition) is 4. The topological polar surface area (TPSA) is 51.6 Å². The van der Waals surface area contributed by atoms with E-state index in [1.165, 1.54) is 12.1 Å². The van der Waals surface area contributed by atoms with E-state index in [2.05, 4.69) is 25.8 Å². The number of nitrogens with zero attached hydrogens (tertiary/aromatic N) is 3. The third-order valence-electron chi connectivity index (χ3n) is 5.92. The molecule has 0 spiro atoms. The molecule has 6 rings (SSSR count). The Balaban J connectivity index is 1.50. The molecule has 6 nitrogen and oxygen atoms in total. The minimum atomic E-state index is -0.274. The maximum atomic E-state index is 13.6. The van der Waals surface area contributed by atoms with Crippen LogP contribution in [0.15, 0.2) is 85.2 Å². The third-order valence-corrected chi connectivity index (χ3v) is 6.24. The van der Waals surface area contributed by atoms with Gasteiger partial charge in [0.05, 0.1) is 11.7 Å². The molecular formula is C25H19FN4O2S. The van der Waals surface area contributed by atoms with Gasteiger partial charge in [0, 0.05) is 35.5 Å². The summed E-state index contributed by atoms with van der Waals surface area (Å²) < 4.78 is 26.7. The van der Waals surface area contributed by atoms with Gasteiger partial charge in [-0.1, -0.05) is 6.07 Å². The van der Waals surface area contributed by atoms with E-state index in [1.807, 2.05) is 48.7 Å². The summed E-state index contributed by atoms with van der Waals surface area (Å²) in [5.41, 5.74) is 3.61. The van der Waals surface area contributed by atoms with Crippen LogP contribution in [0, 0.1) is 5.82 Å². The number of hydrogen-bond donors (Lipinski definition) is 1. The fourth-order valence-electron chi connectivity index (χ4n) is 4.44. The van der Waals surface area contributed by atoms with Crippen molar-refractivity contribution >= 4 is 23.0 Å². The largest absolute Gasteiger partial charge is 0.454 e. The van der Waals surface area contributed by atoms with Crippen molar-refractivity contribution in [2.45, 2.75) is 12.1 Å². The average molecular weight is 459 g/mol. The number of nitrogens with one attached hydrogen (secondary N) is 1. The van der Waals surface area contributed by atoms with Crippen LogP contribution < -0.4 is 19.7 Å². The molecule has 2 atom stereocenters. The quantitative estimate of drug-likeness (QED) is 0.438. The van der Waals surface area contributed by atoms with Gasteiger partial charge in [-0.3, -0.25) is 4.98 Å². The van der Waals surface area contributed by atoms with E-state index in [1.54, 1.807) is 18.3 Å². The summed E-state index contributed by atoms with van der Waals surface area (Å²) in [6.07, 6.45) is 3.75. The number of ether oxygens (including phenoxy) is 2. The summed E-state index contributed by atoms with van der Waals surface area (Å²) in [6, 6.07) is 21.7. The number of pyridine rings is 1. The van der Waals surface area contributed by atoms with E-state index in [9.17, 15) is 4.39 Å². The molecule has 0 bridgehead atoms.